The number of hydrogen-bond acceptors (Lipinski definition) is 5. The Bertz CT molecular complexity index is 930. The number of anilines is 1. The Morgan fingerprint density at radius 1 is 1.04 bits per heavy atom. The van der Waals surface area contributed by atoms with E-state index in [0.29, 0.717) is 0 Å². The van der Waals surface area contributed by atoms with Crippen LogP contribution in [0.1, 0.15) is 26.2 Å². The Hall–Kier alpha value is -1.98. The predicted octanol–water partition coefficient (Wildman–Crippen LogP) is 4.92. The van der Waals surface area contributed by atoms with Crippen LogP contribution in [-0.4, -0.2) is 47.6 Å². The van der Waals surface area contributed by atoms with Crippen LogP contribution in [-0.2, 0) is 0 Å². The number of thiophene rings is 1. The minimum atomic E-state index is 0.829. The van der Waals surface area contributed by atoms with Crippen molar-refractivity contribution in [2.45, 2.75) is 26.2 Å². The number of rotatable bonds is 4. The van der Waals surface area contributed by atoms with Gasteiger partial charge in [0.1, 0.15) is 17.0 Å². The molecule has 1 atom stereocenters. The van der Waals surface area contributed by atoms with E-state index < -0.39 is 0 Å². The van der Waals surface area contributed by atoms with Crippen molar-refractivity contribution in [3.05, 3.63) is 42.0 Å². The lowest BCUT2D eigenvalue weighted by atomic mass is 9.96. The summed E-state index contributed by atoms with van der Waals surface area (Å²) >= 11 is 1.72. The first kappa shape index (κ1) is 18.1. The zero-order chi connectivity index (χ0) is 18.9. The highest BCUT2D eigenvalue weighted by Gasteiger charge is 2.27. The zero-order valence-corrected chi connectivity index (χ0v) is 17.4. The molecule has 1 unspecified atom stereocenters. The highest BCUT2D eigenvalue weighted by Crippen LogP contribution is 2.38. The normalized spacial score (nSPS) is 21.6. The van der Waals surface area contributed by atoms with Crippen molar-refractivity contribution in [3.63, 3.8) is 0 Å². The van der Waals surface area contributed by atoms with E-state index in [0.717, 1.165) is 35.6 Å². The third kappa shape index (κ3) is 3.53. The minimum absolute atomic E-state index is 0.829. The van der Waals surface area contributed by atoms with E-state index in [2.05, 4.69) is 57.4 Å². The van der Waals surface area contributed by atoms with Gasteiger partial charge < -0.3 is 9.80 Å². The molecule has 2 saturated heterocycles. The van der Waals surface area contributed by atoms with E-state index in [9.17, 15) is 0 Å². The lowest BCUT2D eigenvalue weighted by molar-refractivity contribution is 0.244. The Morgan fingerprint density at radius 2 is 1.86 bits per heavy atom. The molecule has 3 aromatic rings. The lowest BCUT2D eigenvalue weighted by Gasteiger charge is -2.35. The quantitative estimate of drug-likeness (QED) is 0.631. The van der Waals surface area contributed by atoms with Gasteiger partial charge in [-0.05, 0) is 43.2 Å². The van der Waals surface area contributed by atoms with Gasteiger partial charge in [0.05, 0.1) is 5.39 Å². The average Bonchev–Trinajstić information content (AvgIpc) is 3.35. The Balaban J connectivity index is 1.35. The second-order valence-corrected chi connectivity index (χ2v) is 9.33. The van der Waals surface area contributed by atoms with Crippen LogP contribution in [0.3, 0.4) is 0 Å². The molecule has 0 radical (unpaired) electrons. The standard InChI is InChI=1S/C23H28N4S/c1-17-7-10-26(13-17)14-18-8-11-27(12-9-18)22-21-20(19-5-3-2-4-6-19)15-28-23(21)25-16-24-22/h2-6,15-18H,7-14H2,1H3. The first-order valence-electron chi connectivity index (χ1n) is 10.5. The summed E-state index contributed by atoms with van der Waals surface area (Å²) in [5.41, 5.74) is 2.52. The van der Waals surface area contributed by atoms with Crippen molar-refractivity contribution in [1.29, 1.82) is 0 Å². The van der Waals surface area contributed by atoms with Crippen molar-refractivity contribution >= 4 is 27.4 Å². The summed E-state index contributed by atoms with van der Waals surface area (Å²) in [6.07, 6.45) is 5.64. The highest BCUT2D eigenvalue weighted by molar-refractivity contribution is 7.17. The average molecular weight is 393 g/mol. The summed E-state index contributed by atoms with van der Waals surface area (Å²) in [4.78, 5) is 15.6. The van der Waals surface area contributed by atoms with Crippen molar-refractivity contribution in [1.82, 2.24) is 14.9 Å². The fourth-order valence-corrected chi connectivity index (χ4v) is 5.72. The van der Waals surface area contributed by atoms with Gasteiger partial charge >= 0.3 is 0 Å². The summed E-state index contributed by atoms with van der Waals surface area (Å²) in [7, 11) is 0. The molecule has 5 rings (SSSR count). The molecule has 0 spiro atoms. The summed E-state index contributed by atoms with van der Waals surface area (Å²) in [5.74, 6) is 2.83. The Kier molecular flexibility index (Phi) is 5.03. The van der Waals surface area contributed by atoms with Crippen molar-refractivity contribution < 1.29 is 0 Å². The predicted molar refractivity (Wildman–Crippen MR) is 118 cm³/mol. The van der Waals surface area contributed by atoms with Gasteiger partial charge in [0, 0.05) is 37.1 Å². The smallest absolute Gasteiger partial charge is 0.141 e. The topological polar surface area (TPSA) is 32.3 Å². The second kappa shape index (κ2) is 7.80. The molecule has 0 N–H and O–H groups in total. The molecule has 0 amide bonds. The maximum absolute atomic E-state index is 4.74. The molecule has 2 aliphatic rings. The van der Waals surface area contributed by atoms with Crippen molar-refractivity contribution in [2.24, 2.45) is 11.8 Å². The molecule has 28 heavy (non-hydrogen) atoms. The van der Waals surface area contributed by atoms with Gasteiger partial charge in [-0.1, -0.05) is 37.3 Å². The summed E-state index contributed by atoms with van der Waals surface area (Å²) in [6, 6.07) is 10.6. The summed E-state index contributed by atoms with van der Waals surface area (Å²) in [6.45, 7) is 8.46. The van der Waals surface area contributed by atoms with E-state index in [1.165, 1.54) is 55.4 Å². The van der Waals surface area contributed by atoms with Crippen LogP contribution in [0, 0.1) is 11.8 Å². The summed E-state index contributed by atoms with van der Waals surface area (Å²) < 4.78 is 0. The number of aromatic nitrogens is 2. The molecule has 0 bridgehead atoms. The first-order valence-corrected chi connectivity index (χ1v) is 11.4. The number of piperidine rings is 1. The van der Waals surface area contributed by atoms with E-state index in [1.54, 1.807) is 17.7 Å². The molecule has 1 aromatic carbocycles. The summed E-state index contributed by atoms with van der Waals surface area (Å²) in [5, 5.41) is 3.46. The number of fused-ring (bicyclic) bond motifs is 1. The molecule has 146 valence electrons. The second-order valence-electron chi connectivity index (χ2n) is 8.48. The number of nitrogens with zero attached hydrogens (tertiary/aromatic N) is 4. The third-order valence-electron chi connectivity index (χ3n) is 6.37. The first-order chi connectivity index (χ1) is 13.8. The maximum Gasteiger partial charge on any atom is 0.141 e. The molecule has 4 nitrogen and oxygen atoms in total. The van der Waals surface area contributed by atoms with Crippen LogP contribution in [0.2, 0.25) is 0 Å². The molecule has 0 aliphatic carbocycles. The molecule has 4 heterocycles. The van der Waals surface area contributed by atoms with Gasteiger partial charge in [-0.25, -0.2) is 9.97 Å². The highest BCUT2D eigenvalue weighted by atomic mass is 32.1. The largest absolute Gasteiger partial charge is 0.356 e. The number of hydrogen-bond donors (Lipinski definition) is 0. The third-order valence-corrected chi connectivity index (χ3v) is 7.26. The van der Waals surface area contributed by atoms with Crippen molar-refractivity contribution in [2.75, 3.05) is 37.6 Å². The van der Waals surface area contributed by atoms with Crippen LogP contribution >= 0.6 is 11.3 Å². The van der Waals surface area contributed by atoms with Gasteiger partial charge in [0.15, 0.2) is 0 Å². The van der Waals surface area contributed by atoms with Gasteiger partial charge in [-0.15, -0.1) is 11.3 Å². The Morgan fingerprint density at radius 3 is 2.61 bits per heavy atom. The fraction of sp³-hybridized carbons (Fsp3) is 0.478. The van der Waals surface area contributed by atoms with E-state index in [1.807, 2.05) is 0 Å². The maximum atomic E-state index is 4.74. The molecule has 5 heteroatoms. The van der Waals surface area contributed by atoms with Crippen LogP contribution in [0.5, 0.6) is 0 Å². The SMILES string of the molecule is CC1CCN(CC2CCN(c3ncnc4scc(-c5ccccc5)c34)CC2)C1. The van der Waals surface area contributed by atoms with Gasteiger partial charge in [0.2, 0.25) is 0 Å². The van der Waals surface area contributed by atoms with Gasteiger partial charge in [-0.3, -0.25) is 0 Å². The monoisotopic (exact) mass is 392 g/mol. The molecule has 0 saturated carbocycles. The molecular weight excluding hydrogens is 364 g/mol. The molecule has 2 aromatic heterocycles. The lowest BCUT2D eigenvalue weighted by Crippen LogP contribution is -2.38. The zero-order valence-electron chi connectivity index (χ0n) is 16.6. The molecular formula is C23H28N4S. The van der Waals surface area contributed by atoms with Crippen molar-refractivity contribution in [3.8, 4) is 11.1 Å². The van der Waals surface area contributed by atoms with E-state index in [-0.39, 0.29) is 0 Å². The number of benzene rings is 1. The minimum Gasteiger partial charge on any atom is -0.356 e. The van der Waals surface area contributed by atoms with Crippen LogP contribution in [0.25, 0.3) is 21.3 Å². The molecule has 2 aliphatic heterocycles. The number of likely N-dealkylation sites (tertiary alicyclic amines) is 1. The van der Waals surface area contributed by atoms with E-state index >= 15 is 0 Å². The fourth-order valence-electron chi connectivity index (χ4n) is 4.81. The van der Waals surface area contributed by atoms with E-state index in [4.69, 9.17) is 4.98 Å². The van der Waals surface area contributed by atoms with Gasteiger partial charge in [0.25, 0.3) is 0 Å². The molecule has 2 fully saturated rings. The van der Waals surface area contributed by atoms with Gasteiger partial charge in [-0.2, -0.15) is 0 Å². The van der Waals surface area contributed by atoms with Crippen LogP contribution in [0.4, 0.5) is 5.82 Å². The van der Waals surface area contributed by atoms with Crippen LogP contribution < -0.4 is 4.90 Å². The van der Waals surface area contributed by atoms with Crippen LogP contribution in [0.15, 0.2) is 42.0 Å². The Labute approximate surface area is 171 Å².